The van der Waals surface area contributed by atoms with Crippen LogP contribution in [-0.4, -0.2) is 32.1 Å². The topological polar surface area (TPSA) is 56.8 Å². The van der Waals surface area contributed by atoms with E-state index in [4.69, 9.17) is 14.0 Å². The van der Waals surface area contributed by atoms with Gasteiger partial charge >= 0.3 is 5.97 Å². The number of ether oxygens (including phenoxy) is 2. The molecule has 0 aromatic heterocycles. The maximum atomic E-state index is 12.1. The van der Waals surface area contributed by atoms with Crippen molar-refractivity contribution in [2.75, 3.05) is 20.6 Å². The summed E-state index contributed by atoms with van der Waals surface area (Å²) < 4.78 is 16.8. The first kappa shape index (κ1) is 22.1. The lowest BCUT2D eigenvalue weighted by molar-refractivity contribution is -0.146. The second-order valence-corrected chi connectivity index (χ2v) is 9.58. The number of benzene rings is 1. The summed E-state index contributed by atoms with van der Waals surface area (Å²) in [5.74, 6) is 2.18. The van der Waals surface area contributed by atoms with E-state index in [9.17, 15) is 4.79 Å². The van der Waals surface area contributed by atoms with E-state index >= 15 is 0 Å². The molecule has 2 atom stereocenters. The Hall–Kier alpha value is -1.16. The molecule has 0 amide bonds. The third-order valence-electron chi connectivity index (χ3n) is 5.07. The van der Waals surface area contributed by atoms with Crippen LogP contribution in [0.3, 0.4) is 0 Å². The van der Waals surface area contributed by atoms with E-state index < -0.39 is 13.8 Å². The van der Waals surface area contributed by atoms with Gasteiger partial charge in [-0.3, -0.25) is 4.79 Å². The summed E-state index contributed by atoms with van der Waals surface area (Å²) in [6.07, 6.45) is 2.96. The molecule has 0 bridgehead atoms. The monoisotopic (exact) mass is 395 g/mol. The quantitative estimate of drug-likeness (QED) is 0.438. The van der Waals surface area contributed by atoms with Gasteiger partial charge in [0.1, 0.15) is 17.6 Å². The van der Waals surface area contributed by atoms with Gasteiger partial charge in [-0.05, 0) is 55.6 Å². The summed E-state index contributed by atoms with van der Waals surface area (Å²) in [4.78, 5) is 12.1. The van der Waals surface area contributed by atoms with Crippen molar-refractivity contribution in [1.82, 2.24) is 5.09 Å². The van der Waals surface area contributed by atoms with Crippen molar-refractivity contribution >= 4 is 14.3 Å². The summed E-state index contributed by atoms with van der Waals surface area (Å²) >= 11 is 0. The van der Waals surface area contributed by atoms with Crippen LogP contribution >= 0.6 is 8.30 Å². The van der Waals surface area contributed by atoms with E-state index in [0.29, 0.717) is 18.2 Å². The summed E-state index contributed by atoms with van der Waals surface area (Å²) in [5, 5.41) is 3.31. The van der Waals surface area contributed by atoms with Gasteiger partial charge in [0.15, 0.2) is 8.30 Å². The van der Waals surface area contributed by atoms with Crippen molar-refractivity contribution in [1.29, 1.82) is 0 Å². The molecule has 0 saturated heterocycles. The molecule has 1 aromatic carbocycles. The lowest BCUT2D eigenvalue weighted by Gasteiger charge is -2.31. The minimum absolute atomic E-state index is 0.321. The van der Waals surface area contributed by atoms with E-state index in [1.165, 1.54) is 31.1 Å². The largest absolute Gasteiger partial charge is 0.468 e. The highest BCUT2D eigenvalue weighted by molar-refractivity contribution is 7.50. The first-order valence-corrected chi connectivity index (χ1v) is 11.1. The van der Waals surface area contributed by atoms with Gasteiger partial charge in [-0.2, -0.15) is 0 Å². The molecule has 152 valence electrons. The predicted octanol–water partition coefficient (Wildman–Crippen LogP) is 5.16. The fourth-order valence-corrected chi connectivity index (χ4v) is 4.81. The fraction of sp³-hybridized carbons (Fsp3) is 0.667. The number of hydrogen-bond acceptors (Lipinski definition) is 5. The number of methoxy groups -OCH3 is 2. The molecule has 0 spiro atoms. The van der Waals surface area contributed by atoms with Gasteiger partial charge in [-0.1, -0.05) is 39.0 Å². The molecule has 1 unspecified atom stereocenters. The zero-order valence-corrected chi connectivity index (χ0v) is 18.6. The minimum Gasteiger partial charge on any atom is -0.468 e. The maximum absolute atomic E-state index is 12.1. The molecule has 6 heteroatoms. The van der Waals surface area contributed by atoms with E-state index in [0.717, 1.165) is 11.7 Å². The zero-order valence-electron chi connectivity index (χ0n) is 17.7. The van der Waals surface area contributed by atoms with Crippen LogP contribution in [0.5, 0.6) is 5.75 Å². The molecular weight excluding hydrogens is 361 g/mol. The Labute approximate surface area is 165 Å². The molecule has 1 aromatic rings. The zero-order chi connectivity index (χ0) is 20.2. The van der Waals surface area contributed by atoms with Crippen LogP contribution in [-0.2, 0) is 14.3 Å². The third-order valence-corrected chi connectivity index (χ3v) is 6.77. The van der Waals surface area contributed by atoms with Crippen molar-refractivity contribution in [2.45, 2.75) is 64.8 Å². The summed E-state index contributed by atoms with van der Waals surface area (Å²) in [6.45, 7) is 10.2. The molecule has 0 heterocycles. The van der Waals surface area contributed by atoms with Crippen molar-refractivity contribution in [3.63, 3.8) is 0 Å². The highest BCUT2D eigenvalue weighted by atomic mass is 31.2. The number of esters is 1. The van der Waals surface area contributed by atoms with Crippen LogP contribution in [0, 0.1) is 5.92 Å². The molecule has 5 nitrogen and oxygen atoms in total. The molecule has 1 N–H and O–H groups in total. The van der Waals surface area contributed by atoms with Crippen LogP contribution in [0.15, 0.2) is 18.2 Å². The van der Waals surface area contributed by atoms with Crippen molar-refractivity contribution in [3.8, 4) is 5.75 Å². The lowest BCUT2D eigenvalue weighted by Crippen LogP contribution is -2.45. The first-order chi connectivity index (χ1) is 12.7. The molecule has 1 fully saturated rings. The Bertz CT molecular complexity index is 643. The van der Waals surface area contributed by atoms with Gasteiger partial charge in [0, 0.05) is 7.11 Å². The van der Waals surface area contributed by atoms with Crippen molar-refractivity contribution < 1.29 is 18.8 Å². The number of carbonyl (C=O) groups excluding carboxylic acids is 1. The van der Waals surface area contributed by atoms with Gasteiger partial charge in [-0.25, -0.2) is 5.09 Å². The smallest absolute Gasteiger partial charge is 0.325 e. The fourth-order valence-electron chi connectivity index (χ4n) is 3.26. The normalized spacial score (nSPS) is 16.9. The van der Waals surface area contributed by atoms with Gasteiger partial charge in [0.2, 0.25) is 0 Å². The Morgan fingerprint density at radius 2 is 1.85 bits per heavy atom. The predicted molar refractivity (Wildman–Crippen MR) is 110 cm³/mol. The average Bonchev–Trinajstić information content (AvgIpc) is 3.45. The second kappa shape index (κ2) is 9.36. The third kappa shape index (κ3) is 5.66. The Morgan fingerprint density at radius 1 is 1.22 bits per heavy atom. The summed E-state index contributed by atoms with van der Waals surface area (Å²) in [5.41, 5.74) is 1.60. The molecule has 1 aliphatic rings. The Morgan fingerprint density at radius 3 is 2.37 bits per heavy atom. The number of carbonyl (C=O) groups is 1. The molecule has 0 radical (unpaired) electrons. The van der Waals surface area contributed by atoms with Crippen LogP contribution in [0.4, 0.5) is 0 Å². The minimum atomic E-state index is -1.22. The van der Waals surface area contributed by atoms with Crippen molar-refractivity contribution in [3.05, 3.63) is 29.3 Å². The molecule has 1 aliphatic carbocycles. The van der Waals surface area contributed by atoms with Crippen LogP contribution in [0.1, 0.15) is 70.4 Å². The maximum Gasteiger partial charge on any atom is 0.325 e. The van der Waals surface area contributed by atoms with Gasteiger partial charge in [0.05, 0.1) is 7.11 Å². The molecule has 2 rings (SSSR count). The van der Waals surface area contributed by atoms with Gasteiger partial charge in [-0.15, -0.1) is 0 Å². The van der Waals surface area contributed by atoms with Crippen LogP contribution < -0.4 is 9.61 Å². The average molecular weight is 395 g/mol. The molecular formula is C21H34NO4P. The number of hydrogen-bond donors (Lipinski definition) is 1. The molecule has 1 saturated carbocycles. The van der Waals surface area contributed by atoms with Crippen LogP contribution in [0.25, 0.3) is 0 Å². The van der Waals surface area contributed by atoms with E-state index in [1.54, 1.807) is 21.0 Å². The number of rotatable bonds is 10. The Kier molecular flexibility index (Phi) is 7.67. The van der Waals surface area contributed by atoms with E-state index in [2.05, 4.69) is 44.1 Å². The Balaban J connectivity index is 2.34. The highest BCUT2D eigenvalue weighted by Crippen LogP contribution is 2.49. The number of nitrogens with one attached hydrogen (secondary N) is 1. The van der Waals surface area contributed by atoms with Gasteiger partial charge < -0.3 is 14.0 Å². The number of para-hydroxylation sites is 1. The summed E-state index contributed by atoms with van der Waals surface area (Å²) in [6, 6.07) is 6.44. The highest BCUT2D eigenvalue weighted by Gasteiger charge is 2.35. The molecule has 27 heavy (non-hydrogen) atoms. The van der Waals surface area contributed by atoms with Crippen molar-refractivity contribution in [2.24, 2.45) is 5.92 Å². The van der Waals surface area contributed by atoms with E-state index in [-0.39, 0.29) is 5.97 Å². The summed E-state index contributed by atoms with van der Waals surface area (Å²) in [7, 11) is 1.83. The van der Waals surface area contributed by atoms with Crippen LogP contribution in [0.2, 0.25) is 0 Å². The standard InChI is InChI=1S/C21H34NO4P/c1-14(2)17-9-8-10-18(15(3)16-11-12-16)19(17)26-27(13-24-6)22-21(4,5)20(23)25-7/h8-10,14-16,22H,11-13H2,1-7H3/t15-,27?/m1/s1. The first-order valence-electron chi connectivity index (χ1n) is 9.64. The molecule has 0 aliphatic heterocycles. The van der Waals surface area contributed by atoms with Gasteiger partial charge in [0.25, 0.3) is 0 Å². The SMILES string of the molecule is COCP(NC(C)(C)C(=O)OC)Oc1c(C(C)C)cccc1[C@H](C)C1CC1. The lowest BCUT2D eigenvalue weighted by atomic mass is 9.90. The second-order valence-electron chi connectivity index (χ2n) is 8.16. The van der Waals surface area contributed by atoms with E-state index in [1.807, 2.05) is 0 Å².